The molecule has 0 saturated carbocycles. The minimum atomic E-state index is -3.55. The van der Waals surface area contributed by atoms with Crippen LogP contribution < -0.4 is 0 Å². The first-order valence-electron chi connectivity index (χ1n) is 6.70. The van der Waals surface area contributed by atoms with Crippen LogP contribution >= 0.6 is 0 Å². The van der Waals surface area contributed by atoms with Crippen LogP contribution in [0.15, 0.2) is 23.1 Å². The standard InChI is InChI=1S/C14H21NO4S/c1-10-4-5-14(6-13(10)8-16)20(17,18)15-7-12(3)19-9-11(15)2/h4-6,11-12,16H,7-9H2,1-3H3. The van der Waals surface area contributed by atoms with Crippen molar-refractivity contribution in [1.29, 1.82) is 0 Å². The predicted molar refractivity (Wildman–Crippen MR) is 75.9 cm³/mol. The number of rotatable bonds is 3. The summed E-state index contributed by atoms with van der Waals surface area (Å²) in [5.41, 5.74) is 1.52. The highest BCUT2D eigenvalue weighted by Crippen LogP contribution is 2.24. The number of aliphatic hydroxyl groups excluding tert-OH is 1. The molecule has 2 rings (SSSR count). The molecule has 0 aliphatic carbocycles. The van der Waals surface area contributed by atoms with Crippen LogP contribution in [-0.4, -0.2) is 43.1 Å². The predicted octanol–water partition coefficient (Wildman–Crippen LogP) is 1.29. The summed E-state index contributed by atoms with van der Waals surface area (Å²) >= 11 is 0. The molecule has 1 N–H and O–H groups in total. The van der Waals surface area contributed by atoms with E-state index in [4.69, 9.17) is 4.74 Å². The first-order chi connectivity index (χ1) is 9.36. The first-order valence-corrected chi connectivity index (χ1v) is 8.14. The van der Waals surface area contributed by atoms with E-state index in [-0.39, 0.29) is 23.6 Å². The Hall–Kier alpha value is -0.950. The van der Waals surface area contributed by atoms with Gasteiger partial charge in [0.2, 0.25) is 10.0 Å². The van der Waals surface area contributed by atoms with Gasteiger partial charge in [-0.05, 0) is 44.0 Å². The average Bonchev–Trinajstić information content (AvgIpc) is 2.41. The van der Waals surface area contributed by atoms with E-state index in [1.54, 1.807) is 18.2 Å². The van der Waals surface area contributed by atoms with Gasteiger partial charge in [0.25, 0.3) is 0 Å². The fraction of sp³-hybridized carbons (Fsp3) is 0.571. The second-order valence-corrected chi connectivity index (χ2v) is 7.20. The third-order valence-corrected chi connectivity index (χ3v) is 5.62. The molecule has 6 heteroatoms. The first kappa shape index (κ1) is 15.4. The molecule has 1 aliphatic heterocycles. The lowest BCUT2D eigenvalue weighted by Crippen LogP contribution is -2.50. The van der Waals surface area contributed by atoms with Gasteiger partial charge in [0.05, 0.1) is 24.2 Å². The molecule has 0 spiro atoms. The van der Waals surface area contributed by atoms with E-state index in [9.17, 15) is 13.5 Å². The highest BCUT2D eigenvalue weighted by Gasteiger charge is 2.34. The molecule has 5 nitrogen and oxygen atoms in total. The molecule has 1 saturated heterocycles. The van der Waals surface area contributed by atoms with E-state index in [1.165, 1.54) is 4.31 Å². The molecular formula is C14H21NO4S. The summed E-state index contributed by atoms with van der Waals surface area (Å²) < 4.78 is 32.4. The van der Waals surface area contributed by atoms with Crippen LogP contribution in [0.25, 0.3) is 0 Å². The van der Waals surface area contributed by atoms with Crippen LogP contribution in [0.2, 0.25) is 0 Å². The monoisotopic (exact) mass is 299 g/mol. The molecule has 2 unspecified atom stereocenters. The number of ether oxygens (including phenoxy) is 1. The fourth-order valence-corrected chi connectivity index (χ4v) is 4.06. The lowest BCUT2D eigenvalue weighted by molar-refractivity contribution is -0.0170. The Balaban J connectivity index is 2.39. The number of nitrogens with zero attached hydrogens (tertiary/aromatic N) is 1. The highest BCUT2D eigenvalue weighted by molar-refractivity contribution is 7.89. The Morgan fingerprint density at radius 1 is 1.40 bits per heavy atom. The van der Waals surface area contributed by atoms with E-state index in [1.807, 2.05) is 20.8 Å². The molecule has 2 atom stereocenters. The summed E-state index contributed by atoms with van der Waals surface area (Å²) in [4.78, 5) is 0.230. The van der Waals surface area contributed by atoms with Gasteiger partial charge in [-0.15, -0.1) is 0 Å². The van der Waals surface area contributed by atoms with Crippen molar-refractivity contribution >= 4 is 10.0 Å². The van der Waals surface area contributed by atoms with Crippen LogP contribution in [0, 0.1) is 6.92 Å². The van der Waals surface area contributed by atoms with E-state index in [0.29, 0.717) is 18.7 Å². The maximum Gasteiger partial charge on any atom is 0.243 e. The van der Waals surface area contributed by atoms with Crippen LogP contribution in [0.3, 0.4) is 0 Å². The second kappa shape index (κ2) is 5.81. The van der Waals surface area contributed by atoms with Gasteiger partial charge in [0.15, 0.2) is 0 Å². The van der Waals surface area contributed by atoms with E-state index >= 15 is 0 Å². The van der Waals surface area contributed by atoms with Gasteiger partial charge in [-0.1, -0.05) is 6.07 Å². The van der Waals surface area contributed by atoms with Crippen LogP contribution in [-0.2, 0) is 21.4 Å². The summed E-state index contributed by atoms with van der Waals surface area (Å²) in [5.74, 6) is 0. The molecule has 0 aromatic heterocycles. The summed E-state index contributed by atoms with van der Waals surface area (Å²) in [6.45, 7) is 6.14. The lowest BCUT2D eigenvalue weighted by Gasteiger charge is -2.35. The van der Waals surface area contributed by atoms with Gasteiger partial charge in [-0.3, -0.25) is 0 Å². The van der Waals surface area contributed by atoms with Gasteiger partial charge in [-0.25, -0.2) is 8.42 Å². The summed E-state index contributed by atoms with van der Waals surface area (Å²) in [6, 6.07) is 4.69. The van der Waals surface area contributed by atoms with Gasteiger partial charge in [-0.2, -0.15) is 4.31 Å². The Bertz CT molecular complexity index is 585. The number of hydrogen-bond acceptors (Lipinski definition) is 4. The minimum absolute atomic E-state index is 0.108. The number of morpholine rings is 1. The Morgan fingerprint density at radius 3 is 2.75 bits per heavy atom. The Morgan fingerprint density at radius 2 is 2.10 bits per heavy atom. The van der Waals surface area contributed by atoms with E-state index in [2.05, 4.69) is 0 Å². The maximum absolute atomic E-state index is 12.7. The van der Waals surface area contributed by atoms with Gasteiger partial charge < -0.3 is 9.84 Å². The van der Waals surface area contributed by atoms with Crippen molar-refractivity contribution in [2.24, 2.45) is 0 Å². The molecule has 1 aromatic rings. The normalized spacial score (nSPS) is 24.8. The van der Waals surface area contributed by atoms with Crippen LogP contribution in [0.4, 0.5) is 0 Å². The molecule has 20 heavy (non-hydrogen) atoms. The number of benzene rings is 1. The van der Waals surface area contributed by atoms with Gasteiger partial charge >= 0.3 is 0 Å². The van der Waals surface area contributed by atoms with Crippen molar-refractivity contribution in [1.82, 2.24) is 4.31 Å². The topological polar surface area (TPSA) is 66.8 Å². The molecule has 1 fully saturated rings. The molecule has 112 valence electrons. The molecule has 0 radical (unpaired) electrons. The zero-order valence-corrected chi connectivity index (χ0v) is 12.9. The smallest absolute Gasteiger partial charge is 0.243 e. The molecule has 1 aromatic carbocycles. The maximum atomic E-state index is 12.7. The van der Waals surface area contributed by atoms with Crippen LogP contribution in [0.5, 0.6) is 0 Å². The second-order valence-electron chi connectivity index (χ2n) is 5.31. The zero-order valence-electron chi connectivity index (χ0n) is 12.0. The number of aliphatic hydroxyl groups is 1. The van der Waals surface area contributed by atoms with E-state index < -0.39 is 10.0 Å². The van der Waals surface area contributed by atoms with Crippen molar-refractivity contribution in [2.45, 2.75) is 44.4 Å². The molecule has 1 aliphatic rings. The van der Waals surface area contributed by atoms with Gasteiger partial charge in [0.1, 0.15) is 0 Å². The molecule has 1 heterocycles. The molecule has 0 amide bonds. The SMILES string of the molecule is Cc1ccc(S(=O)(=O)N2CC(C)OCC2C)cc1CO. The molecule has 0 bridgehead atoms. The van der Waals surface area contributed by atoms with Crippen molar-refractivity contribution in [3.8, 4) is 0 Å². The molecular weight excluding hydrogens is 278 g/mol. The lowest BCUT2D eigenvalue weighted by atomic mass is 10.1. The third kappa shape index (κ3) is 2.88. The van der Waals surface area contributed by atoms with Crippen molar-refractivity contribution in [2.75, 3.05) is 13.2 Å². The minimum Gasteiger partial charge on any atom is -0.392 e. The van der Waals surface area contributed by atoms with E-state index in [0.717, 1.165) is 5.56 Å². The number of hydrogen-bond donors (Lipinski definition) is 1. The number of sulfonamides is 1. The average molecular weight is 299 g/mol. The summed E-state index contributed by atoms with van der Waals surface area (Å²) in [7, 11) is -3.55. The van der Waals surface area contributed by atoms with Crippen LogP contribution in [0.1, 0.15) is 25.0 Å². The Kier molecular flexibility index (Phi) is 4.49. The van der Waals surface area contributed by atoms with Crippen molar-refractivity contribution in [3.63, 3.8) is 0 Å². The zero-order chi connectivity index (χ0) is 14.9. The largest absolute Gasteiger partial charge is 0.392 e. The van der Waals surface area contributed by atoms with Gasteiger partial charge in [0, 0.05) is 12.6 Å². The fourth-order valence-electron chi connectivity index (χ4n) is 2.32. The highest BCUT2D eigenvalue weighted by atomic mass is 32.2. The summed E-state index contributed by atoms with van der Waals surface area (Å²) in [5, 5.41) is 9.28. The van der Waals surface area contributed by atoms with Crippen molar-refractivity contribution < 1.29 is 18.3 Å². The number of aryl methyl sites for hydroxylation is 1. The van der Waals surface area contributed by atoms with Crippen molar-refractivity contribution in [3.05, 3.63) is 29.3 Å². The third-order valence-electron chi connectivity index (χ3n) is 3.65. The Labute approximate surface area is 120 Å². The quantitative estimate of drug-likeness (QED) is 0.913. The summed E-state index contributed by atoms with van der Waals surface area (Å²) in [6.07, 6.45) is -0.108.